The lowest BCUT2D eigenvalue weighted by Crippen LogP contribution is -2.39. The summed E-state index contributed by atoms with van der Waals surface area (Å²) >= 11 is 0. The van der Waals surface area contributed by atoms with Crippen LogP contribution in [0.1, 0.15) is 33.4 Å². The highest BCUT2D eigenvalue weighted by atomic mass is 32.2. The monoisotopic (exact) mass is 492 g/mol. The van der Waals surface area contributed by atoms with Gasteiger partial charge in [-0.15, -0.1) is 0 Å². The third-order valence-corrected chi connectivity index (χ3v) is 6.89. The summed E-state index contributed by atoms with van der Waals surface area (Å²) in [5, 5.41) is 11.4. The van der Waals surface area contributed by atoms with Crippen LogP contribution in [0.4, 0.5) is 10.5 Å². The largest absolute Gasteiger partial charge is 0.545 e. The van der Waals surface area contributed by atoms with Crippen molar-refractivity contribution in [3.63, 3.8) is 0 Å². The fourth-order valence-electron chi connectivity index (χ4n) is 3.61. The van der Waals surface area contributed by atoms with Crippen molar-refractivity contribution in [3.05, 3.63) is 89.7 Å². The molecule has 0 bridgehead atoms. The second-order valence-corrected chi connectivity index (χ2v) is 9.32. The molecule has 9 nitrogen and oxygen atoms in total. The van der Waals surface area contributed by atoms with Gasteiger partial charge in [0.2, 0.25) is 0 Å². The predicted octanol–water partition coefficient (Wildman–Crippen LogP) is 3.70. The Morgan fingerprint density at radius 2 is 1.60 bits per heavy atom. The molecule has 0 N–H and O–H groups in total. The van der Waals surface area contributed by atoms with E-state index in [2.05, 4.69) is 0 Å². The van der Waals surface area contributed by atoms with Crippen LogP contribution in [-0.2, 0) is 10.0 Å². The van der Waals surface area contributed by atoms with Gasteiger partial charge in [0.1, 0.15) is 17.1 Å². The number of amides is 1. The lowest BCUT2D eigenvalue weighted by atomic mass is 10.1. The molecule has 1 amide bonds. The molecule has 1 aromatic heterocycles. The van der Waals surface area contributed by atoms with E-state index in [4.69, 9.17) is 9.15 Å². The first-order valence-electron chi connectivity index (χ1n) is 10.3. The maximum Gasteiger partial charge on any atom is 0.434 e. The van der Waals surface area contributed by atoms with Crippen molar-refractivity contribution in [1.82, 2.24) is 0 Å². The number of hydrogen-bond donors (Lipinski definition) is 0. The number of aryl methyl sites for hydroxylation is 1. The highest BCUT2D eigenvalue weighted by Gasteiger charge is 2.33. The predicted molar refractivity (Wildman–Crippen MR) is 124 cm³/mol. The summed E-state index contributed by atoms with van der Waals surface area (Å²) < 4.78 is 38.5. The molecule has 0 spiro atoms. The minimum absolute atomic E-state index is 0.106. The average molecular weight is 492 g/mol. The zero-order chi connectivity index (χ0) is 25.3. The second kappa shape index (κ2) is 9.07. The number of benzene rings is 3. The smallest absolute Gasteiger partial charge is 0.434 e. The molecule has 35 heavy (non-hydrogen) atoms. The molecule has 0 aliphatic heterocycles. The number of ether oxygens (including phenoxy) is 1. The Labute approximate surface area is 200 Å². The first-order valence-corrected chi connectivity index (χ1v) is 11.7. The summed E-state index contributed by atoms with van der Waals surface area (Å²) in [7, 11) is -4.58. The highest BCUT2D eigenvalue weighted by molar-refractivity contribution is 7.93. The number of furan rings is 1. The number of sulfonamides is 1. The molecule has 3 aromatic carbocycles. The van der Waals surface area contributed by atoms with Crippen LogP contribution in [0.2, 0.25) is 0 Å². The van der Waals surface area contributed by atoms with Crippen LogP contribution < -0.4 is 14.1 Å². The van der Waals surface area contributed by atoms with E-state index in [9.17, 15) is 27.9 Å². The van der Waals surface area contributed by atoms with E-state index in [0.29, 0.717) is 21.0 Å². The molecular weight excluding hydrogens is 474 g/mol. The van der Waals surface area contributed by atoms with Gasteiger partial charge >= 0.3 is 6.09 Å². The van der Waals surface area contributed by atoms with Gasteiger partial charge in [0.05, 0.1) is 22.1 Å². The van der Waals surface area contributed by atoms with E-state index in [1.54, 1.807) is 25.1 Å². The molecule has 4 aromatic rings. The molecule has 0 atom stereocenters. The number of carbonyl (C=O) groups excluding carboxylic acids is 3. The van der Waals surface area contributed by atoms with Crippen molar-refractivity contribution in [1.29, 1.82) is 0 Å². The van der Waals surface area contributed by atoms with Gasteiger partial charge in [-0.1, -0.05) is 30.3 Å². The van der Waals surface area contributed by atoms with Crippen LogP contribution in [0, 0.1) is 6.92 Å². The third-order valence-electron chi connectivity index (χ3n) is 5.18. The summed E-state index contributed by atoms with van der Waals surface area (Å²) in [5.41, 5.74) is 0.256. The maximum atomic E-state index is 13.6. The van der Waals surface area contributed by atoms with E-state index in [1.807, 2.05) is 0 Å². The molecule has 0 aliphatic carbocycles. The summed E-state index contributed by atoms with van der Waals surface area (Å²) in [6, 6.07) is 16.2. The van der Waals surface area contributed by atoms with E-state index in [0.717, 1.165) is 24.3 Å². The molecule has 0 fully saturated rings. The first kappa shape index (κ1) is 23.7. The van der Waals surface area contributed by atoms with Crippen LogP contribution in [0.5, 0.6) is 5.75 Å². The normalized spacial score (nSPS) is 11.3. The van der Waals surface area contributed by atoms with Gasteiger partial charge in [0.25, 0.3) is 10.0 Å². The molecule has 0 saturated carbocycles. The number of aromatic carboxylic acids is 1. The topological polar surface area (TPSA) is 134 Å². The number of fused-ring (bicyclic) bond motifs is 1. The summed E-state index contributed by atoms with van der Waals surface area (Å²) in [5.74, 6) is -1.32. The molecule has 0 unspecified atom stereocenters. The van der Waals surface area contributed by atoms with Crippen LogP contribution in [0.3, 0.4) is 0 Å². The Morgan fingerprint density at radius 3 is 2.20 bits per heavy atom. The molecule has 0 radical (unpaired) electrons. The average Bonchev–Trinajstić information content (AvgIpc) is 3.15. The minimum Gasteiger partial charge on any atom is -0.545 e. The van der Waals surface area contributed by atoms with E-state index in [-0.39, 0.29) is 33.2 Å². The Kier molecular flexibility index (Phi) is 6.14. The summed E-state index contributed by atoms with van der Waals surface area (Å²) in [6.07, 6.45) is -1.23. The standard InChI is InChI=1S/C25H19NO8S/c1-15(27)23-16(2)33-22-13-10-18(14-21(22)23)26(25(30)34-19-6-4-3-5-7-19)35(31,32)20-11-8-17(9-12-20)24(28)29/h3-14H,1-2H3,(H,28,29)/p-1. The van der Waals surface area contributed by atoms with Crippen LogP contribution in [0.15, 0.2) is 82.1 Å². The number of anilines is 1. The second-order valence-electron chi connectivity index (χ2n) is 7.53. The van der Waals surface area contributed by atoms with Crippen molar-refractivity contribution in [2.75, 3.05) is 4.31 Å². The van der Waals surface area contributed by atoms with Gasteiger partial charge in [0, 0.05) is 5.39 Å². The lowest BCUT2D eigenvalue weighted by Gasteiger charge is -2.22. The number of hydrogen-bond acceptors (Lipinski definition) is 8. The van der Waals surface area contributed by atoms with Crippen molar-refractivity contribution in [3.8, 4) is 5.75 Å². The molecule has 1 heterocycles. The van der Waals surface area contributed by atoms with Crippen LogP contribution in [-0.4, -0.2) is 26.3 Å². The van der Waals surface area contributed by atoms with Crippen LogP contribution >= 0.6 is 0 Å². The van der Waals surface area contributed by atoms with Gasteiger partial charge in [0.15, 0.2) is 5.78 Å². The number of carboxylic acid groups (broad SMARTS) is 1. The highest BCUT2D eigenvalue weighted by Crippen LogP contribution is 2.33. The molecule has 4 rings (SSSR count). The van der Waals surface area contributed by atoms with Crippen molar-refractivity contribution in [2.24, 2.45) is 0 Å². The van der Waals surface area contributed by atoms with Gasteiger partial charge in [-0.25, -0.2) is 13.2 Å². The van der Waals surface area contributed by atoms with Gasteiger partial charge in [-0.3, -0.25) is 4.79 Å². The fraction of sp³-hybridized carbons (Fsp3) is 0.0800. The zero-order valence-electron chi connectivity index (χ0n) is 18.5. The van der Waals surface area contributed by atoms with Crippen molar-refractivity contribution in [2.45, 2.75) is 18.7 Å². The first-order chi connectivity index (χ1) is 16.6. The molecule has 0 aliphatic rings. The van der Waals surface area contributed by atoms with Crippen molar-refractivity contribution >= 4 is 44.5 Å². The number of carboxylic acids is 1. The number of rotatable bonds is 6. The number of carbonyl (C=O) groups is 3. The summed E-state index contributed by atoms with van der Waals surface area (Å²) in [4.78, 5) is 36.1. The maximum absolute atomic E-state index is 13.6. The molecule has 178 valence electrons. The Hall–Kier alpha value is -4.44. The van der Waals surface area contributed by atoms with E-state index >= 15 is 0 Å². The van der Waals surface area contributed by atoms with Gasteiger partial charge < -0.3 is 19.1 Å². The third kappa shape index (κ3) is 4.51. The molecule has 0 saturated heterocycles. The van der Waals surface area contributed by atoms with Crippen LogP contribution in [0.25, 0.3) is 11.0 Å². The molecular formula is C25H18NO8S-. The minimum atomic E-state index is -4.58. The Balaban J connectivity index is 1.87. The zero-order valence-corrected chi connectivity index (χ0v) is 19.4. The Morgan fingerprint density at radius 1 is 0.943 bits per heavy atom. The number of para-hydroxylation sites is 1. The lowest BCUT2D eigenvalue weighted by molar-refractivity contribution is -0.255. The van der Waals surface area contributed by atoms with Crippen molar-refractivity contribution < 1.29 is 37.1 Å². The van der Waals surface area contributed by atoms with E-state index in [1.165, 1.54) is 37.3 Å². The quantitative estimate of drug-likeness (QED) is 0.372. The molecule has 10 heteroatoms. The SMILES string of the molecule is CC(=O)c1c(C)oc2ccc(N(C(=O)Oc3ccccc3)S(=O)(=O)c3ccc(C(=O)[O-])cc3)cc12. The fourth-order valence-corrected chi connectivity index (χ4v) is 4.93. The number of Topliss-reactive ketones (excluding diaryl/α,β-unsaturated/α-hetero) is 1. The number of ketones is 1. The van der Waals surface area contributed by atoms with E-state index < -0.39 is 22.1 Å². The summed E-state index contributed by atoms with van der Waals surface area (Å²) in [6.45, 7) is 2.95. The number of nitrogens with zero attached hydrogens (tertiary/aromatic N) is 1. The van der Waals surface area contributed by atoms with Gasteiger partial charge in [-0.2, -0.15) is 4.31 Å². The Bertz CT molecular complexity index is 1550. The van der Waals surface area contributed by atoms with Gasteiger partial charge in [-0.05, 0) is 61.9 Å².